The first kappa shape index (κ1) is 15.3. The fourth-order valence-corrected chi connectivity index (χ4v) is 2.44. The van der Waals surface area contributed by atoms with Crippen LogP contribution in [0.25, 0.3) is 0 Å². The Morgan fingerprint density at radius 3 is 2.48 bits per heavy atom. The molecule has 1 aliphatic heterocycles. The molecule has 6 heteroatoms. The molecule has 114 valence electrons. The molecule has 1 heterocycles. The number of nitrogens with zero attached hydrogens (tertiary/aromatic N) is 1. The number of carboxylic acids is 1. The smallest absolute Gasteiger partial charge is 0.326 e. The number of carbonyl (C=O) groups is 2. The number of carboxylic acid groups (broad SMARTS) is 1. The summed E-state index contributed by atoms with van der Waals surface area (Å²) < 4.78 is 0. The van der Waals surface area contributed by atoms with Crippen LogP contribution in [-0.2, 0) is 17.8 Å². The minimum absolute atomic E-state index is 0.0531. The highest BCUT2D eigenvalue weighted by molar-refractivity contribution is 5.83. The highest BCUT2D eigenvalue weighted by atomic mass is 16.4. The molecule has 1 aromatic rings. The van der Waals surface area contributed by atoms with Crippen LogP contribution in [0, 0.1) is 0 Å². The lowest BCUT2D eigenvalue weighted by molar-refractivity contribution is -0.141. The maximum Gasteiger partial charge on any atom is 0.326 e. The summed E-state index contributed by atoms with van der Waals surface area (Å²) in [7, 11) is 0. The van der Waals surface area contributed by atoms with Gasteiger partial charge in [-0.1, -0.05) is 31.2 Å². The number of hydrogen-bond donors (Lipinski definition) is 3. The second-order valence-electron chi connectivity index (χ2n) is 5.22. The van der Waals surface area contributed by atoms with Crippen LogP contribution in [0.5, 0.6) is 0 Å². The first-order valence-electron chi connectivity index (χ1n) is 7.04. The van der Waals surface area contributed by atoms with Gasteiger partial charge in [0, 0.05) is 19.5 Å². The van der Waals surface area contributed by atoms with E-state index in [1.807, 2.05) is 24.3 Å². The molecule has 0 bridgehead atoms. The van der Waals surface area contributed by atoms with E-state index in [-0.39, 0.29) is 13.0 Å². The Morgan fingerprint density at radius 1 is 1.29 bits per heavy atom. The molecule has 1 fully saturated rings. The lowest BCUT2D eigenvalue weighted by Crippen LogP contribution is -2.45. The van der Waals surface area contributed by atoms with E-state index in [2.05, 4.69) is 12.2 Å². The van der Waals surface area contributed by atoms with E-state index in [0.717, 1.165) is 12.0 Å². The van der Waals surface area contributed by atoms with E-state index in [0.29, 0.717) is 6.54 Å². The van der Waals surface area contributed by atoms with Gasteiger partial charge in [0.15, 0.2) is 0 Å². The molecule has 1 unspecified atom stereocenters. The maximum absolute atomic E-state index is 12.0. The SMILES string of the molecule is CCc1ccc(CNC(=O)N2CC(O)C[C@H]2C(=O)O)cc1. The first-order chi connectivity index (χ1) is 10.0. The van der Waals surface area contributed by atoms with Gasteiger partial charge in [0.2, 0.25) is 0 Å². The standard InChI is InChI=1S/C15H20N2O4/c1-2-10-3-5-11(6-4-10)8-16-15(21)17-9-12(18)7-13(17)14(19)20/h3-6,12-13,18H,2,7-9H2,1H3,(H,16,21)(H,19,20)/t12?,13-/m0/s1. The summed E-state index contributed by atoms with van der Waals surface area (Å²) in [6, 6.07) is 6.46. The minimum Gasteiger partial charge on any atom is -0.480 e. The van der Waals surface area contributed by atoms with Gasteiger partial charge < -0.3 is 20.4 Å². The summed E-state index contributed by atoms with van der Waals surface area (Å²) in [5, 5.41) is 21.3. The zero-order valence-corrected chi connectivity index (χ0v) is 12.0. The van der Waals surface area contributed by atoms with Crippen molar-refractivity contribution in [3.05, 3.63) is 35.4 Å². The van der Waals surface area contributed by atoms with Crippen LogP contribution in [0.1, 0.15) is 24.5 Å². The second-order valence-corrected chi connectivity index (χ2v) is 5.22. The number of aliphatic carboxylic acids is 1. The quantitative estimate of drug-likeness (QED) is 0.771. The number of carbonyl (C=O) groups excluding carboxylic acids is 1. The molecule has 0 saturated carbocycles. The molecular weight excluding hydrogens is 272 g/mol. The molecule has 0 spiro atoms. The summed E-state index contributed by atoms with van der Waals surface area (Å²) in [5.74, 6) is -1.09. The van der Waals surface area contributed by atoms with Crippen molar-refractivity contribution in [1.82, 2.24) is 10.2 Å². The molecule has 3 N–H and O–H groups in total. The van der Waals surface area contributed by atoms with Gasteiger partial charge in [-0.15, -0.1) is 0 Å². The highest BCUT2D eigenvalue weighted by Gasteiger charge is 2.38. The van der Waals surface area contributed by atoms with Crippen LogP contribution >= 0.6 is 0 Å². The number of β-amino-alcohol motifs (C(OH)–C–C–N with tert-alkyl or cyclic N) is 1. The van der Waals surface area contributed by atoms with Crippen molar-refractivity contribution < 1.29 is 19.8 Å². The van der Waals surface area contributed by atoms with Crippen molar-refractivity contribution in [2.45, 2.75) is 38.5 Å². The Balaban J connectivity index is 1.92. The summed E-state index contributed by atoms with van der Waals surface area (Å²) >= 11 is 0. The molecule has 0 aromatic heterocycles. The van der Waals surface area contributed by atoms with Crippen molar-refractivity contribution in [3.63, 3.8) is 0 Å². The molecule has 21 heavy (non-hydrogen) atoms. The third kappa shape index (κ3) is 3.72. The number of aliphatic hydroxyl groups excluding tert-OH is 1. The van der Waals surface area contributed by atoms with Crippen LogP contribution in [0.2, 0.25) is 0 Å². The maximum atomic E-state index is 12.0. The molecule has 6 nitrogen and oxygen atoms in total. The summed E-state index contributed by atoms with van der Waals surface area (Å²) in [5.41, 5.74) is 2.17. The van der Waals surface area contributed by atoms with Crippen LogP contribution < -0.4 is 5.32 Å². The van der Waals surface area contributed by atoms with Gasteiger partial charge in [-0.2, -0.15) is 0 Å². The van der Waals surface area contributed by atoms with Crippen molar-refractivity contribution in [3.8, 4) is 0 Å². The fraction of sp³-hybridized carbons (Fsp3) is 0.467. The molecule has 1 saturated heterocycles. The zero-order chi connectivity index (χ0) is 15.4. The largest absolute Gasteiger partial charge is 0.480 e. The van der Waals surface area contributed by atoms with Gasteiger partial charge in [-0.25, -0.2) is 9.59 Å². The lowest BCUT2D eigenvalue weighted by atomic mass is 10.1. The second kappa shape index (κ2) is 6.58. The van der Waals surface area contributed by atoms with Crippen LogP contribution in [0.3, 0.4) is 0 Å². The molecule has 2 amide bonds. The van der Waals surface area contributed by atoms with Crippen molar-refractivity contribution in [1.29, 1.82) is 0 Å². The lowest BCUT2D eigenvalue weighted by Gasteiger charge is -2.21. The predicted octanol–water partition coefficient (Wildman–Crippen LogP) is 0.978. The number of rotatable bonds is 4. The minimum atomic E-state index is -1.09. The molecule has 2 rings (SSSR count). The fourth-order valence-electron chi connectivity index (χ4n) is 2.44. The highest BCUT2D eigenvalue weighted by Crippen LogP contribution is 2.18. The van der Waals surface area contributed by atoms with Gasteiger partial charge in [-0.3, -0.25) is 0 Å². The zero-order valence-electron chi connectivity index (χ0n) is 12.0. The Kier molecular flexibility index (Phi) is 4.80. The molecule has 0 radical (unpaired) electrons. The monoisotopic (exact) mass is 292 g/mol. The Labute approximate surface area is 123 Å². The van der Waals surface area contributed by atoms with Gasteiger partial charge in [-0.05, 0) is 17.5 Å². The van der Waals surface area contributed by atoms with Crippen molar-refractivity contribution in [2.75, 3.05) is 6.54 Å². The Morgan fingerprint density at radius 2 is 1.90 bits per heavy atom. The van der Waals surface area contributed by atoms with E-state index in [1.165, 1.54) is 10.5 Å². The molecule has 1 aliphatic rings. The van der Waals surface area contributed by atoms with Gasteiger partial charge in [0.25, 0.3) is 0 Å². The topological polar surface area (TPSA) is 89.9 Å². The molecule has 2 atom stereocenters. The van der Waals surface area contributed by atoms with Gasteiger partial charge >= 0.3 is 12.0 Å². The van der Waals surface area contributed by atoms with Crippen LogP contribution in [0.15, 0.2) is 24.3 Å². The predicted molar refractivity (Wildman–Crippen MR) is 76.8 cm³/mol. The molecule has 0 aliphatic carbocycles. The van der Waals surface area contributed by atoms with E-state index in [9.17, 15) is 14.7 Å². The summed E-state index contributed by atoms with van der Waals surface area (Å²) in [6.07, 6.45) is 0.257. The van der Waals surface area contributed by atoms with Crippen molar-refractivity contribution in [2.24, 2.45) is 0 Å². The Bertz CT molecular complexity index is 515. The van der Waals surface area contributed by atoms with Gasteiger partial charge in [0.05, 0.1) is 6.10 Å². The number of nitrogens with one attached hydrogen (secondary N) is 1. The Hall–Kier alpha value is -2.08. The number of aryl methyl sites for hydroxylation is 1. The average Bonchev–Trinajstić information content (AvgIpc) is 2.87. The number of likely N-dealkylation sites (tertiary alicyclic amines) is 1. The van der Waals surface area contributed by atoms with E-state index >= 15 is 0 Å². The average molecular weight is 292 g/mol. The van der Waals surface area contributed by atoms with E-state index in [4.69, 9.17) is 5.11 Å². The summed E-state index contributed by atoms with van der Waals surface area (Å²) in [4.78, 5) is 24.3. The third-order valence-electron chi connectivity index (χ3n) is 3.70. The number of benzene rings is 1. The number of aliphatic hydroxyl groups is 1. The number of hydrogen-bond acceptors (Lipinski definition) is 3. The van der Waals surface area contributed by atoms with E-state index < -0.39 is 24.1 Å². The van der Waals surface area contributed by atoms with Gasteiger partial charge in [0.1, 0.15) is 6.04 Å². The number of amides is 2. The number of urea groups is 1. The van der Waals surface area contributed by atoms with E-state index in [1.54, 1.807) is 0 Å². The van der Waals surface area contributed by atoms with Crippen LogP contribution in [-0.4, -0.2) is 45.8 Å². The molecule has 1 aromatic carbocycles. The summed E-state index contributed by atoms with van der Waals surface area (Å²) in [6.45, 7) is 2.46. The normalized spacial score (nSPS) is 21.3. The van der Waals surface area contributed by atoms with Crippen LogP contribution in [0.4, 0.5) is 4.79 Å². The van der Waals surface area contributed by atoms with Crippen molar-refractivity contribution >= 4 is 12.0 Å². The molecular formula is C15H20N2O4. The first-order valence-corrected chi connectivity index (χ1v) is 7.04. The third-order valence-corrected chi connectivity index (χ3v) is 3.70.